The van der Waals surface area contributed by atoms with Gasteiger partial charge >= 0.3 is 6.03 Å². The predicted octanol–water partition coefficient (Wildman–Crippen LogP) is 7.07. The van der Waals surface area contributed by atoms with E-state index in [9.17, 15) is 9.18 Å². The molecule has 0 aliphatic carbocycles. The van der Waals surface area contributed by atoms with Gasteiger partial charge in [-0.1, -0.05) is 12.1 Å². The highest BCUT2D eigenvalue weighted by Crippen LogP contribution is 2.33. The largest absolute Gasteiger partial charge is 0.372 e. The van der Waals surface area contributed by atoms with Crippen LogP contribution in [0.15, 0.2) is 72.8 Å². The molecule has 0 saturated carbocycles. The number of carbonyl (C=O) groups is 1. The number of pyridine rings is 1. The summed E-state index contributed by atoms with van der Waals surface area (Å²) in [6.45, 7) is 3.37. The maximum absolute atomic E-state index is 14.6. The number of hydrazine groups is 1. The molecule has 7 nitrogen and oxygen atoms in total. The number of halogens is 3. The maximum atomic E-state index is 14.6. The molecule has 0 radical (unpaired) electrons. The summed E-state index contributed by atoms with van der Waals surface area (Å²) in [6, 6.07) is 21.3. The Labute approximate surface area is 243 Å². The van der Waals surface area contributed by atoms with E-state index in [4.69, 9.17) is 28.2 Å². The molecule has 3 aromatic carbocycles. The normalized spacial score (nSPS) is 12.9. The topological polar surface area (TPSA) is 72.5 Å². The summed E-state index contributed by atoms with van der Waals surface area (Å²) in [5.74, 6) is 0.625. The van der Waals surface area contributed by atoms with E-state index in [1.165, 1.54) is 6.07 Å². The van der Waals surface area contributed by atoms with E-state index in [0.717, 1.165) is 42.7 Å². The molecule has 3 N–H and O–H groups in total. The molecular formula is C30H31Cl2FN6O. The molecular weight excluding hydrogens is 550 g/mol. The quantitative estimate of drug-likeness (QED) is 0.138. The van der Waals surface area contributed by atoms with E-state index in [-0.39, 0.29) is 5.82 Å². The fourth-order valence-corrected chi connectivity index (χ4v) is 5.32. The zero-order valence-electron chi connectivity index (χ0n) is 22.0. The summed E-state index contributed by atoms with van der Waals surface area (Å²) in [4.78, 5) is 22.1. The Hall–Kier alpha value is -3.75. The molecule has 40 heavy (non-hydrogen) atoms. The van der Waals surface area contributed by atoms with E-state index in [1.807, 2.05) is 42.5 Å². The zero-order chi connectivity index (χ0) is 27.9. The molecule has 208 valence electrons. The van der Waals surface area contributed by atoms with Crippen molar-refractivity contribution in [3.05, 3.63) is 78.6 Å². The lowest BCUT2D eigenvalue weighted by atomic mass is 10.1. The third-order valence-electron chi connectivity index (χ3n) is 6.92. The van der Waals surface area contributed by atoms with Crippen molar-refractivity contribution in [1.82, 2.24) is 10.4 Å². The van der Waals surface area contributed by atoms with Gasteiger partial charge in [-0.15, -0.1) is 23.2 Å². The first-order chi connectivity index (χ1) is 19.6. The molecule has 0 spiro atoms. The third kappa shape index (κ3) is 6.51. The Balaban J connectivity index is 1.36. The minimum atomic E-state index is -0.464. The number of anilines is 4. The number of alkyl halides is 2. The van der Waals surface area contributed by atoms with Gasteiger partial charge in [-0.05, 0) is 73.5 Å². The Kier molecular flexibility index (Phi) is 9.08. The number of hydrogen-bond donors (Lipinski definition) is 3. The van der Waals surface area contributed by atoms with Gasteiger partial charge in [0.15, 0.2) is 0 Å². The van der Waals surface area contributed by atoms with E-state index in [2.05, 4.69) is 26.0 Å². The van der Waals surface area contributed by atoms with Crippen LogP contribution in [0.25, 0.3) is 22.2 Å². The van der Waals surface area contributed by atoms with Crippen molar-refractivity contribution in [3.8, 4) is 11.3 Å². The van der Waals surface area contributed by atoms with Gasteiger partial charge < -0.3 is 15.1 Å². The molecule has 1 fully saturated rings. The van der Waals surface area contributed by atoms with E-state index < -0.39 is 6.03 Å². The van der Waals surface area contributed by atoms with Crippen molar-refractivity contribution in [1.29, 1.82) is 0 Å². The first kappa shape index (κ1) is 27.8. The standard InChI is InChI=1S/C30H31Cl2FN6O/c31-13-17-39(18-14-32)22-9-7-21(8-10-22)36-37-30(40)35-29-20-28(24-5-1-2-6-26(24)33)34-27-12-11-23(19-25(27)29)38-15-3-4-16-38/h1-2,5-12,19-20,36H,3-4,13-18H2,(H2,34,35,37,40). The molecule has 1 aliphatic heterocycles. The zero-order valence-corrected chi connectivity index (χ0v) is 23.5. The minimum Gasteiger partial charge on any atom is -0.372 e. The van der Waals surface area contributed by atoms with Gasteiger partial charge in [0.2, 0.25) is 0 Å². The highest BCUT2D eigenvalue weighted by Gasteiger charge is 2.17. The molecule has 1 aromatic heterocycles. The van der Waals surface area contributed by atoms with Gasteiger partial charge in [0.25, 0.3) is 0 Å². The lowest BCUT2D eigenvalue weighted by molar-refractivity contribution is 0.254. The highest BCUT2D eigenvalue weighted by molar-refractivity contribution is 6.18. The number of fused-ring (bicyclic) bond motifs is 1. The average molecular weight is 582 g/mol. The SMILES string of the molecule is O=C(NNc1ccc(N(CCCl)CCCl)cc1)Nc1cc(-c2ccccc2F)nc2ccc(N3CCCC3)cc12. The van der Waals surface area contributed by atoms with Crippen LogP contribution in [0.3, 0.4) is 0 Å². The van der Waals surface area contributed by atoms with Crippen LogP contribution in [0.5, 0.6) is 0 Å². The number of rotatable bonds is 10. The van der Waals surface area contributed by atoms with Crippen LogP contribution in [-0.4, -0.2) is 49.0 Å². The summed E-state index contributed by atoms with van der Waals surface area (Å²) in [6.07, 6.45) is 2.31. The Morgan fingerprint density at radius 2 is 1.68 bits per heavy atom. The van der Waals surface area contributed by atoms with Crippen LogP contribution in [0.4, 0.5) is 31.9 Å². The van der Waals surface area contributed by atoms with E-state index in [1.54, 1.807) is 24.3 Å². The average Bonchev–Trinajstić information content (AvgIpc) is 3.52. The van der Waals surface area contributed by atoms with Crippen molar-refractivity contribution >= 4 is 62.9 Å². The van der Waals surface area contributed by atoms with Crippen LogP contribution < -0.4 is 26.0 Å². The number of carbonyl (C=O) groups excluding carboxylic acids is 1. The summed E-state index contributed by atoms with van der Waals surface area (Å²) in [7, 11) is 0. The van der Waals surface area contributed by atoms with E-state index >= 15 is 0 Å². The number of nitrogens with one attached hydrogen (secondary N) is 3. The van der Waals surface area contributed by atoms with Crippen molar-refractivity contribution in [3.63, 3.8) is 0 Å². The molecule has 2 amide bonds. The van der Waals surface area contributed by atoms with Crippen molar-refractivity contribution in [2.24, 2.45) is 0 Å². The first-order valence-corrected chi connectivity index (χ1v) is 14.4. The summed E-state index contributed by atoms with van der Waals surface area (Å²) < 4.78 is 14.6. The molecule has 0 unspecified atom stereocenters. The maximum Gasteiger partial charge on any atom is 0.337 e. The second-order valence-corrected chi connectivity index (χ2v) is 10.3. The van der Waals surface area contributed by atoms with E-state index in [0.29, 0.717) is 53.0 Å². The molecule has 2 heterocycles. The van der Waals surface area contributed by atoms with Crippen LogP contribution in [0.1, 0.15) is 12.8 Å². The predicted molar refractivity (Wildman–Crippen MR) is 164 cm³/mol. The second-order valence-electron chi connectivity index (χ2n) is 9.55. The van der Waals surface area contributed by atoms with Crippen molar-refractivity contribution in [2.45, 2.75) is 12.8 Å². The lowest BCUT2D eigenvalue weighted by Crippen LogP contribution is -2.33. The monoisotopic (exact) mass is 580 g/mol. The number of hydrogen-bond acceptors (Lipinski definition) is 5. The lowest BCUT2D eigenvalue weighted by Gasteiger charge is -2.23. The smallest absolute Gasteiger partial charge is 0.337 e. The minimum absolute atomic E-state index is 0.368. The van der Waals surface area contributed by atoms with Crippen molar-refractivity contribution < 1.29 is 9.18 Å². The molecule has 5 rings (SSSR count). The Bertz CT molecular complexity index is 1460. The Morgan fingerprint density at radius 3 is 2.38 bits per heavy atom. The number of amides is 2. The first-order valence-electron chi connectivity index (χ1n) is 13.3. The fourth-order valence-electron chi connectivity index (χ4n) is 4.91. The van der Waals surface area contributed by atoms with Crippen LogP contribution in [0.2, 0.25) is 0 Å². The Morgan fingerprint density at radius 1 is 0.950 bits per heavy atom. The summed E-state index contributed by atoms with van der Waals surface area (Å²) in [5, 5.41) is 3.71. The van der Waals surface area contributed by atoms with Gasteiger partial charge in [0.05, 0.1) is 22.6 Å². The van der Waals surface area contributed by atoms with Crippen molar-refractivity contribution in [2.75, 3.05) is 58.5 Å². The highest BCUT2D eigenvalue weighted by atomic mass is 35.5. The summed E-state index contributed by atoms with van der Waals surface area (Å²) in [5.41, 5.74) is 10.4. The molecule has 10 heteroatoms. The molecule has 1 saturated heterocycles. The molecule has 4 aromatic rings. The summed E-state index contributed by atoms with van der Waals surface area (Å²) >= 11 is 11.8. The molecule has 0 atom stereocenters. The van der Waals surface area contributed by atoms with Crippen LogP contribution >= 0.6 is 23.2 Å². The van der Waals surface area contributed by atoms with Gasteiger partial charge in [-0.25, -0.2) is 14.2 Å². The number of nitrogens with zero attached hydrogens (tertiary/aromatic N) is 3. The number of urea groups is 1. The number of benzene rings is 3. The fraction of sp³-hybridized carbons (Fsp3) is 0.267. The second kappa shape index (κ2) is 13.1. The molecule has 1 aliphatic rings. The molecule has 0 bridgehead atoms. The van der Waals surface area contributed by atoms with Gasteiger partial charge in [0, 0.05) is 60.3 Å². The number of aromatic nitrogens is 1. The third-order valence-corrected chi connectivity index (χ3v) is 7.26. The van der Waals surface area contributed by atoms with Gasteiger partial charge in [-0.2, -0.15) is 0 Å². The van der Waals surface area contributed by atoms with Gasteiger partial charge in [-0.3, -0.25) is 10.9 Å². The van der Waals surface area contributed by atoms with Gasteiger partial charge in [0.1, 0.15) is 5.82 Å². The van der Waals surface area contributed by atoms with Crippen LogP contribution in [0, 0.1) is 5.82 Å². The van der Waals surface area contributed by atoms with Crippen LogP contribution in [-0.2, 0) is 0 Å².